The van der Waals surface area contributed by atoms with Gasteiger partial charge in [-0.3, -0.25) is 0 Å². The molecule has 0 saturated heterocycles. The van der Waals surface area contributed by atoms with Crippen LogP contribution in [-0.2, 0) is 16.1 Å². The van der Waals surface area contributed by atoms with E-state index in [1.165, 1.54) is 43.5 Å². The van der Waals surface area contributed by atoms with E-state index in [4.69, 9.17) is 13.9 Å². The number of alkyl halides is 2. The average Bonchev–Trinajstić information content (AvgIpc) is 2.81. The number of carbonyl (C=O) groups excluding carboxylic acids is 1. The molecule has 0 aliphatic heterocycles. The number of hydrogen-bond donors (Lipinski definition) is 0. The van der Waals surface area contributed by atoms with Crippen LogP contribution < -0.4 is 15.1 Å². The van der Waals surface area contributed by atoms with Crippen molar-refractivity contribution in [2.75, 3.05) is 7.11 Å². The van der Waals surface area contributed by atoms with Gasteiger partial charge in [-0.25, -0.2) is 9.59 Å². The van der Waals surface area contributed by atoms with Crippen molar-refractivity contribution in [3.05, 3.63) is 88.3 Å². The predicted octanol–water partition coefficient (Wildman–Crippen LogP) is 5.31. The van der Waals surface area contributed by atoms with Crippen LogP contribution in [0.15, 0.2) is 76.0 Å². The molecule has 0 aliphatic carbocycles. The maximum Gasteiger partial charge on any atom is 0.387 e. The predicted molar refractivity (Wildman–Crippen MR) is 118 cm³/mol. The summed E-state index contributed by atoms with van der Waals surface area (Å²) in [6.07, 6.45) is 2.64. The summed E-state index contributed by atoms with van der Waals surface area (Å²) in [6, 6.07) is 16.7. The van der Waals surface area contributed by atoms with Crippen LogP contribution in [0.3, 0.4) is 0 Å². The minimum Gasteiger partial charge on any atom is -0.493 e. The van der Waals surface area contributed by atoms with Gasteiger partial charge >= 0.3 is 18.2 Å². The number of rotatable bonds is 7. The first kappa shape index (κ1) is 22.0. The van der Waals surface area contributed by atoms with Gasteiger partial charge in [-0.15, -0.1) is 0 Å². The molecule has 0 fully saturated rings. The zero-order valence-electron chi connectivity index (χ0n) is 17.4. The minimum absolute atomic E-state index is 0.0974. The Hall–Kier alpha value is -4.20. The molecule has 4 aromatic rings. The second kappa shape index (κ2) is 9.52. The standard InChI is InChI=1S/C25H18F2O6/c1-30-21-12-15(6-9-19(21)33-25(26)27)7-11-22(28)31-14-17-13-23(29)32-20-10-8-16-4-2-3-5-18(16)24(17)20/h2-13,25H,14H2,1H3. The highest BCUT2D eigenvalue weighted by Gasteiger charge is 2.12. The van der Waals surface area contributed by atoms with Gasteiger partial charge in [0, 0.05) is 23.1 Å². The van der Waals surface area contributed by atoms with E-state index in [9.17, 15) is 18.4 Å². The fraction of sp³-hybridized carbons (Fsp3) is 0.120. The molecule has 4 rings (SSSR count). The zero-order valence-corrected chi connectivity index (χ0v) is 17.4. The molecule has 6 nitrogen and oxygen atoms in total. The van der Waals surface area contributed by atoms with Gasteiger partial charge in [0.1, 0.15) is 12.2 Å². The highest BCUT2D eigenvalue weighted by atomic mass is 19.3. The number of carbonyl (C=O) groups is 1. The van der Waals surface area contributed by atoms with Crippen molar-refractivity contribution >= 4 is 33.8 Å². The smallest absolute Gasteiger partial charge is 0.387 e. The molecule has 33 heavy (non-hydrogen) atoms. The molecule has 1 heterocycles. The molecule has 8 heteroatoms. The Balaban J connectivity index is 1.53. The van der Waals surface area contributed by atoms with Crippen LogP contribution in [0.4, 0.5) is 8.78 Å². The molecule has 0 amide bonds. The van der Waals surface area contributed by atoms with Gasteiger partial charge in [-0.2, -0.15) is 8.78 Å². The van der Waals surface area contributed by atoms with Crippen molar-refractivity contribution in [1.82, 2.24) is 0 Å². The summed E-state index contributed by atoms with van der Waals surface area (Å²) in [5, 5.41) is 2.53. The number of ether oxygens (including phenoxy) is 3. The summed E-state index contributed by atoms with van der Waals surface area (Å²) < 4.78 is 44.9. The van der Waals surface area contributed by atoms with Crippen LogP contribution in [0.5, 0.6) is 11.5 Å². The first-order valence-electron chi connectivity index (χ1n) is 9.87. The number of esters is 1. The second-order valence-electron chi connectivity index (χ2n) is 6.98. The monoisotopic (exact) mass is 452 g/mol. The Bertz CT molecular complexity index is 1410. The Morgan fingerprint density at radius 1 is 1.06 bits per heavy atom. The second-order valence-corrected chi connectivity index (χ2v) is 6.98. The van der Waals surface area contributed by atoms with Crippen LogP contribution in [-0.4, -0.2) is 19.7 Å². The largest absolute Gasteiger partial charge is 0.493 e. The van der Waals surface area contributed by atoms with Gasteiger partial charge in [-0.1, -0.05) is 36.4 Å². The molecule has 3 aromatic carbocycles. The molecule has 0 N–H and O–H groups in total. The van der Waals surface area contributed by atoms with Crippen molar-refractivity contribution in [3.63, 3.8) is 0 Å². The van der Waals surface area contributed by atoms with Crippen molar-refractivity contribution in [2.45, 2.75) is 13.2 Å². The van der Waals surface area contributed by atoms with E-state index in [1.807, 2.05) is 30.3 Å². The Morgan fingerprint density at radius 2 is 1.88 bits per heavy atom. The molecule has 0 saturated carbocycles. The van der Waals surface area contributed by atoms with E-state index in [-0.39, 0.29) is 18.1 Å². The number of benzene rings is 3. The summed E-state index contributed by atoms with van der Waals surface area (Å²) in [5.74, 6) is -0.669. The van der Waals surface area contributed by atoms with Gasteiger partial charge in [0.2, 0.25) is 0 Å². The first-order chi connectivity index (χ1) is 15.9. The fourth-order valence-corrected chi connectivity index (χ4v) is 3.48. The Labute approximate surface area is 186 Å². The van der Waals surface area contributed by atoms with Gasteiger partial charge in [0.05, 0.1) is 7.11 Å². The number of fused-ring (bicyclic) bond motifs is 3. The number of hydrogen-bond acceptors (Lipinski definition) is 6. The minimum atomic E-state index is -2.98. The van der Waals surface area contributed by atoms with Gasteiger partial charge in [0.15, 0.2) is 11.5 Å². The van der Waals surface area contributed by atoms with Crippen LogP contribution in [0.1, 0.15) is 11.1 Å². The van der Waals surface area contributed by atoms with E-state index < -0.39 is 18.2 Å². The van der Waals surface area contributed by atoms with E-state index >= 15 is 0 Å². The maximum absolute atomic E-state index is 12.4. The molecule has 0 atom stereocenters. The van der Waals surface area contributed by atoms with Crippen LogP contribution in [0.25, 0.3) is 27.8 Å². The normalized spacial score (nSPS) is 11.4. The van der Waals surface area contributed by atoms with Gasteiger partial charge < -0.3 is 18.6 Å². The maximum atomic E-state index is 12.4. The third-order valence-corrected chi connectivity index (χ3v) is 4.90. The van der Waals surface area contributed by atoms with E-state index in [1.54, 1.807) is 6.07 Å². The van der Waals surface area contributed by atoms with Crippen LogP contribution in [0, 0.1) is 0 Å². The highest BCUT2D eigenvalue weighted by molar-refractivity contribution is 6.07. The summed E-state index contributed by atoms with van der Waals surface area (Å²) in [5.41, 5.74) is 0.899. The summed E-state index contributed by atoms with van der Waals surface area (Å²) >= 11 is 0. The Kier molecular flexibility index (Phi) is 6.35. The Morgan fingerprint density at radius 3 is 2.67 bits per heavy atom. The molecule has 0 radical (unpaired) electrons. The zero-order chi connectivity index (χ0) is 23.4. The molecule has 0 unspecified atom stereocenters. The van der Waals surface area contributed by atoms with Gasteiger partial charge in [0.25, 0.3) is 0 Å². The summed E-state index contributed by atoms with van der Waals surface area (Å²) in [4.78, 5) is 24.2. The lowest BCUT2D eigenvalue weighted by Gasteiger charge is -2.10. The molecule has 0 bridgehead atoms. The highest BCUT2D eigenvalue weighted by Crippen LogP contribution is 2.30. The molecular formula is C25H18F2O6. The van der Waals surface area contributed by atoms with Crippen LogP contribution >= 0.6 is 0 Å². The van der Waals surface area contributed by atoms with Gasteiger partial charge in [-0.05, 0) is 40.6 Å². The molecule has 168 valence electrons. The third-order valence-electron chi connectivity index (χ3n) is 4.90. The lowest BCUT2D eigenvalue weighted by Crippen LogP contribution is -2.06. The average molecular weight is 452 g/mol. The lowest BCUT2D eigenvalue weighted by atomic mass is 10.0. The quantitative estimate of drug-likeness (QED) is 0.164. The molecular weight excluding hydrogens is 434 g/mol. The van der Waals surface area contributed by atoms with E-state index in [0.717, 1.165) is 10.8 Å². The number of methoxy groups -OCH3 is 1. The van der Waals surface area contributed by atoms with E-state index in [0.29, 0.717) is 22.1 Å². The summed E-state index contributed by atoms with van der Waals surface area (Å²) in [7, 11) is 1.32. The molecule has 0 spiro atoms. The summed E-state index contributed by atoms with van der Waals surface area (Å²) in [6.45, 7) is -3.12. The van der Waals surface area contributed by atoms with Crippen molar-refractivity contribution in [3.8, 4) is 11.5 Å². The van der Waals surface area contributed by atoms with Crippen molar-refractivity contribution in [1.29, 1.82) is 0 Å². The topological polar surface area (TPSA) is 75.0 Å². The fourth-order valence-electron chi connectivity index (χ4n) is 3.48. The SMILES string of the molecule is COc1cc(C=CC(=O)OCc2cc(=O)oc3ccc4ccccc4c23)ccc1OC(F)F. The lowest BCUT2D eigenvalue weighted by molar-refractivity contribution is -0.138. The van der Waals surface area contributed by atoms with Crippen molar-refractivity contribution < 1.29 is 32.2 Å². The first-order valence-corrected chi connectivity index (χ1v) is 9.87. The number of halogens is 2. The molecule has 1 aromatic heterocycles. The third kappa shape index (κ3) is 5.01. The molecule has 0 aliphatic rings. The van der Waals surface area contributed by atoms with E-state index in [2.05, 4.69) is 4.74 Å². The van der Waals surface area contributed by atoms with Crippen molar-refractivity contribution in [2.24, 2.45) is 0 Å². The van der Waals surface area contributed by atoms with Crippen LogP contribution in [0.2, 0.25) is 0 Å².